The smallest absolute Gasteiger partial charge is 0.234 e. The average molecular weight is 371 g/mol. The highest BCUT2D eigenvalue weighted by atomic mass is 32.1. The number of aryl methyl sites for hydroxylation is 1. The van der Waals surface area contributed by atoms with Gasteiger partial charge in [-0.25, -0.2) is 0 Å². The molecule has 4 nitrogen and oxygen atoms in total. The van der Waals surface area contributed by atoms with E-state index in [4.69, 9.17) is 4.74 Å². The van der Waals surface area contributed by atoms with Crippen LogP contribution in [0.2, 0.25) is 0 Å². The number of ether oxygens (including phenoxy) is 1. The number of amides is 1. The maximum Gasteiger partial charge on any atom is 0.234 e. The Labute approximate surface area is 159 Å². The van der Waals surface area contributed by atoms with Gasteiger partial charge >= 0.3 is 0 Å². The molecule has 0 aromatic carbocycles. The van der Waals surface area contributed by atoms with Crippen molar-refractivity contribution in [1.82, 2.24) is 9.88 Å². The SMILES string of the molecule is Cc1ccc(OC2CCN(C(=O)C3(c4cccs4)CCCC3)CC2)cn1. The van der Waals surface area contributed by atoms with Crippen molar-refractivity contribution in [1.29, 1.82) is 0 Å². The molecule has 5 heteroatoms. The zero-order valence-corrected chi connectivity index (χ0v) is 16.1. The molecule has 1 saturated heterocycles. The average Bonchev–Trinajstić information content (AvgIpc) is 3.36. The molecule has 0 N–H and O–H groups in total. The van der Waals surface area contributed by atoms with Crippen molar-refractivity contribution >= 4 is 17.2 Å². The standard InChI is InChI=1S/C21H26N2O2S/c1-16-6-7-18(15-22-16)25-17-8-12-23(13-9-17)20(24)21(10-2-3-11-21)19-5-4-14-26-19/h4-7,14-15,17H,2-3,8-13H2,1H3. The van der Waals surface area contributed by atoms with Gasteiger partial charge < -0.3 is 9.64 Å². The Balaban J connectivity index is 1.39. The Kier molecular flexibility index (Phi) is 4.98. The monoisotopic (exact) mass is 370 g/mol. The van der Waals surface area contributed by atoms with Gasteiger partial charge in [0.05, 0.1) is 11.6 Å². The summed E-state index contributed by atoms with van der Waals surface area (Å²) < 4.78 is 6.06. The first-order chi connectivity index (χ1) is 12.7. The van der Waals surface area contributed by atoms with Gasteiger partial charge in [0.25, 0.3) is 0 Å². The summed E-state index contributed by atoms with van der Waals surface area (Å²) in [5, 5.41) is 2.10. The quantitative estimate of drug-likeness (QED) is 0.804. The van der Waals surface area contributed by atoms with E-state index < -0.39 is 0 Å². The summed E-state index contributed by atoms with van der Waals surface area (Å²) in [6.45, 7) is 3.55. The molecule has 0 radical (unpaired) electrons. The number of thiophene rings is 1. The Morgan fingerprint density at radius 3 is 2.62 bits per heavy atom. The van der Waals surface area contributed by atoms with Gasteiger partial charge in [0.1, 0.15) is 11.9 Å². The van der Waals surface area contributed by atoms with E-state index in [2.05, 4.69) is 27.4 Å². The van der Waals surface area contributed by atoms with Crippen molar-refractivity contribution in [3.63, 3.8) is 0 Å². The first-order valence-corrected chi connectivity index (χ1v) is 10.5. The van der Waals surface area contributed by atoms with Crippen molar-refractivity contribution < 1.29 is 9.53 Å². The van der Waals surface area contributed by atoms with Crippen molar-refractivity contribution in [3.8, 4) is 5.75 Å². The summed E-state index contributed by atoms with van der Waals surface area (Å²) in [5.74, 6) is 1.17. The third-order valence-corrected chi connectivity index (χ3v) is 6.85. The second-order valence-corrected chi connectivity index (χ2v) is 8.46. The van der Waals surface area contributed by atoms with Crippen LogP contribution in [0.25, 0.3) is 0 Å². The van der Waals surface area contributed by atoms with Gasteiger partial charge in [-0.05, 0) is 43.3 Å². The molecule has 1 amide bonds. The third kappa shape index (κ3) is 3.37. The number of hydrogen-bond acceptors (Lipinski definition) is 4. The predicted octanol–water partition coefficient (Wildman–Crippen LogP) is 4.33. The van der Waals surface area contributed by atoms with Crippen LogP contribution in [0.5, 0.6) is 5.75 Å². The molecule has 0 atom stereocenters. The minimum Gasteiger partial charge on any atom is -0.489 e. The zero-order valence-electron chi connectivity index (χ0n) is 15.3. The number of pyridine rings is 1. The summed E-state index contributed by atoms with van der Waals surface area (Å²) >= 11 is 1.74. The number of aromatic nitrogens is 1. The normalized spacial score (nSPS) is 20.3. The van der Waals surface area contributed by atoms with Crippen LogP contribution in [0, 0.1) is 6.92 Å². The lowest BCUT2D eigenvalue weighted by Gasteiger charge is -2.38. The van der Waals surface area contributed by atoms with Crippen molar-refractivity contribution in [3.05, 3.63) is 46.4 Å². The fraction of sp³-hybridized carbons (Fsp3) is 0.524. The molecule has 2 aliphatic rings. The number of piperidine rings is 1. The summed E-state index contributed by atoms with van der Waals surface area (Å²) in [5.41, 5.74) is 0.733. The first-order valence-electron chi connectivity index (χ1n) is 9.60. The highest BCUT2D eigenvalue weighted by Crippen LogP contribution is 2.44. The van der Waals surface area contributed by atoms with Gasteiger partial charge in [-0.15, -0.1) is 11.3 Å². The number of carbonyl (C=O) groups excluding carboxylic acids is 1. The minimum atomic E-state index is -0.261. The molecular formula is C21H26N2O2S. The molecule has 1 saturated carbocycles. The van der Waals surface area contributed by atoms with Gasteiger partial charge in [0.2, 0.25) is 5.91 Å². The summed E-state index contributed by atoms with van der Waals surface area (Å²) in [6.07, 6.45) is 8.05. The Morgan fingerprint density at radius 2 is 2.00 bits per heavy atom. The summed E-state index contributed by atoms with van der Waals surface area (Å²) in [7, 11) is 0. The third-order valence-electron chi connectivity index (χ3n) is 5.78. The van der Waals surface area contributed by atoms with E-state index in [-0.39, 0.29) is 11.5 Å². The number of rotatable bonds is 4. The van der Waals surface area contributed by atoms with E-state index in [1.807, 2.05) is 19.1 Å². The van der Waals surface area contributed by atoms with E-state index in [1.54, 1.807) is 17.5 Å². The van der Waals surface area contributed by atoms with Crippen LogP contribution >= 0.6 is 11.3 Å². The van der Waals surface area contributed by atoms with Gasteiger partial charge in [-0.3, -0.25) is 9.78 Å². The van der Waals surface area contributed by atoms with Crippen LogP contribution in [-0.2, 0) is 10.2 Å². The molecule has 1 aliphatic carbocycles. The first kappa shape index (κ1) is 17.5. The molecule has 4 rings (SSSR count). The van der Waals surface area contributed by atoms with E-state index >= 15 is 0 Å². The fourth-order valence-electron chi connectivity index (χ4n) is 4.29. The molecule has 0 spiro atoms. The maximum absolute atomic E-state index is 13.4. The van der Waals surface area contributed by atoms with E-state index in [0.29, 0.717) is 5.91 Å². The lowest BCUT2D eigenvalue weighted by atomic mass is 9.82. The van der Waals surface area contributed by atoms with Gasteiger partial charge in [0.15, 0.2) is 0 Å². The minimum absolute atomic E-state index is 0.171. The second kappa shape index (κ2) is 7.39. The maximum atomic E-state index is 13.4. The topological polar surface area (TPSA) is 42.4 Å². The van der Waals surface area contributed by atoms with Crippen LogP contribution in [0.1, 0.15) is 49.1 Å². The number of hydrogen-bond donors (Lipinski definition) is 0. The number of likely N-dealkylation sites (tertiary alicyclic amines) is 1. The molecule has 2 aromatic rings. The molecule has 3 heterocycles. The van der Waals surface area contributed by atoms with Crippen LogP contribution in [0.3, 0.4) is 0 Å². The molecular weight excluding hydrogens is 344 g/mol. The largest absolute Gasteiger partial charge is 0.489 e. The number of carbonyl (C=O) groups is 1. The lowest BCUT2D eigenvalue weighted by Crippen LogP contribution is -2.49. The summed E-state index contributed by atoms with van der Waals surface area (Å²) in [4.78, 5) is 21.0. The molecule has 0 unspecified atom stereocenters. The highest BCUT2D eigenvalue weighted by molar-refractivity contribution is 7.10. The lowest BCUT2D eigenvalue weighted by molar-refractivity contribution is -0.139. The number of nitrogens with zero attached hydrogens (tertiary/aromatic N) is 2. The van der Waals surface area contributed by atoms with Crippen LogP contribution in [0.15, 0.2) is 35.8 Å². The molecule has 0 bridgehead atoms. The van der Waals surface area contributed by atoms with Gasteiger partial charge in [-0.2, -0.15) is 0 Å². The van der Waals surface area contributed by atoms with E-state index in [0.717, 1.165) is 63.1 Å². The van der Waals surface area contributed by atoms with Crippen LogP contribution < -0.4 is 4.74 Å². The molecule has 2 fully saturated rings. The van der Waals surface area contributed by atoms with E-state index in [1.165, 1.54) is 4.88 Å². The Hall–Kier alpha value is -1.88. The van der Waals surface area contributed by atoms with Crippen molar-refractivity contribution in [2.45, 2.75) is 57.0 Å². The van der Waals surface area contributed by atoms with Crippen LogP contribution in [0.4, 0.5) is 0 Å². The zero-order chi connectivity index (χ0) is 18.0. The Bertz CT molecular complexity index is 728. The molecule has 2 aromatic heterocycles. The van der Waals surface area contributed by atoms with Gasteiger partial charge in [0, 0.05) is 36.5 Å². The van der Waals surface area contributed by atoms with Crippen molar-refractivity contribution in [2.75, 3.05) is 13.1 Å². The second-order valence-electron chi connectivity index (χ2n) is 7.51. The summed E-state index contributed by atoms with van der Waals surface area (Å²) in [6, 6.07) is 8.17. The van der Waals surface area contributed by atoms with Gasteiger partial charge in [-0.1, -0.05) is 18.9 Å². The van der Waals surface area contributed by atoms with Crippen LogP contribution in [-0.4, -0.2) is 35.0 Å². The predicted molar refractivity (Wildman–Crippen MR) is 104 cm³/mol. The van der Waals surface area contributed by atoms with E-state index in [9.17, 15) is 4.79 Å². The molecule has 138 valence electrons. The fourth-order valence-corrected chi connectivity index (χ4v) is 5.27. The highest BCUT2D eigenvalue weighted by Gasteiger charge is 2.46. The van der Waals surface area contributed by atoms with Crippen molar-refractivity contribution in [2.24, 2.45) is 0 Å². The Morgan fingerprint density at radius 1 is 1.23 bits per heavy atom. The molecule has 1 aliphatic heterocycles. The molecule has 26 heavy (non-hydrogen) atoms.